The van der Waals surface area contributed by atoms with Crippen molar-refractivity contribution >= 4 is 5.52 Å². The molecule has 0 bridgehead atoms. The summed E-state index contributed by atoms with van der Waals surface area (Å²) >= 11 is 0. The molecule has 0 radical (unpaired) electrons. The van der Waals surface area contributed by atoms with Crippen molar-refractivity contribution in [2.75, 3.05) is 0 Å². The quantitative estimate of drug-likeness (QED) is 0.596. The molecule has 0 atom stereocenters. The Balaban J connectivity index is 2.96. The second-order valence-corrected chi connectivity index (χ2v) is 3.22. The lowest BCUT2D eigenvalue weighted by molar-refractivity contribution is 1.09. The first kappa shape index (κ1) is 7.88. The fourth-order valence-corrected chi connectivity index (χ4v) is 1.61. The average molecular weight is 170 g/mol. The lowest BCUT2D eigenvalue weighted by atomic mass is 10.2. The van der Waals surface area contributed by atoms with Gasteiger partial charge in [-0.05, 0) is 31.5 Å². The fourth-order valence-electron chi connectivity index (χ4n) is 1.61. The van der Waals surface area contributed by atoms with Crippen LogP contribution in [0.3, 0.4) is 0 Å². The third-order valence-corrected chi connectivity index (χ3v) is 2.32. The number of hydrogen-bond acceptors (Lipinski definition) is 1. The van der Waals surface area contributed by atoms with E-state index < -0.39 is 0 Å². The summed E-state index contributed by atoms with van der Waals surface area (Å²) in [5.74, 6) is 0. The third kappa shape index (κ3) is 1.01. The molecule has 2 rings (SSSR count). The number of aryl methyl sites for hydroxylation is 2. The van der Waals surface area contributed by atoms with Crippen molar-refractivity contribution in [1.29, 1.82) is 5.26 Å². The van der Waals surface area contributed by atoms with Crippen molar-refractivity contribution < 1.29 is 0 Å². The predicted octanol–water partition coefficient (Wildman–Crippen LogP) is 2.43. The minimum atomic E-state index is 0.781. The van der Waals surface area contributed by atoms with Gasteiger partial charge in [-0.25, -0.2) is 0 Å². The van der Waals surface area contributed by atoms with E-state index in [1.165, 1.54) is 0 Å². The molecule has 13 heavy (non-hydrogen) atoms. The SMILES string of the molecule is Cc1cn2c(C)cccc2c1C#N. The van der Waals surface area contributed by atoms with Crippen molar-refractivity contribution in [2.24, 2.45) is 0 Å². The Kier molecular flexibility index (Phi) is 1.60. The van der Waals surface area contributed by atoms with E-state index in [1.54, 1.807) is 0 Å². The smallest absolute Gasteiger partial charge is 0.102 e. The number of hydrogen-bond donors (Lipinski definition) is 0. The van der Waals surface area contributed by atoms with Crippen molar-refractivity contribution in [3.05, 3.63) is 41.2 Å². The molecule has 0 saturated carbocycles. The molecule has 0 unspecified atom stereocenters. The normalized spacial score (nSPS) is 10.2. The van der Waals surface area contributed by atoms with Gasteiger partial charge in [-0.3, -0.25) is 0 Å². The number of rotatable bonds is 0. The van der Waals surface area contributed by atoms with E-state index in [-0.39, 0.29) is 0 Å². The van der Waals surface area contributed by atoms with Crippen molar-refractivity contribution in [2.45, 2.75) is 13.8 Å². The van der Waals surface area contributed by atoms with E-state index in [4.69, 9.17) is 5.26 Å². The van der Waals surface area contributed by atoms with E-state index in [0.717, 1.165) is 22.3 Å². The molecule has 2 aromatic rings. The van der Waals surface area contributed by atoms with Gasteiger partial charge < -0.3 is 4.40 Å². The summed E-state index contributed by atoms with van der Waals surface area (Å²) in [6.45, 7) is 4.00. The second-order valence-electron chi connectivity index (χ2n) is 3.22. The van der Waals surface area contributed by atoms with Crippen LogP contribution in [0, 0.1) is 25.2 Å². The molecule has 0 aliphatic heterocycles. The lowest BCUT2D eigenvalue weighted by Gasteiger charge is -1.98. The maximum Gasteiger partial charge on any atom is 0.102 e. The highest BCUT2D eigenvalue weighted by atomic mass is 14.9. The van der Waals surface area contributed by atoms with Gasteiger partial charge in [-0.2, -0.15) is 5.26 Å². The molecule has 0 fully saturated rings. The van der Waals surface area contributed by atoms with Gasteiger partial charge in [0.15, 0.2) is 0 Å². The maximum absolute atomic E-state index is 8.93. The van der Waals surface area contributed by atoms with Gasteiger partial charge in [0, 0.05) is 11.9 Å². The first-order chi connectivity index (χ1) is 6.24. The van der Waals surface area contributed by atoms with E-state index >= 15 is 0 Å². The molecule has 0 aliphatic rings. The Morgan fingerprint density at radius 1 is 1.31 bits per heavy atom. The van der Waals surface area contributed by atoms with Gasteiger partial charge in [0.25, 0.3) is 0 Å². The van der Waals surface area contributed by atoms with Crippen LogP contribution in [-0.2, 0) is 0 Å². The summed E-state index contributed by atoms with van der Waals surface area (Å²) in [4.78, 5) is 0. The number of nitriles is 1. The van der Waals surface area contributed by atoms with Crippen LogP contribution < -0.4 is 0 Å². The Morgan fingerprint density at radius 3 is 2.77 bits per heavy atom. The molecule has 0 aliphatic carbocycles. The summed E-state index contributed by atoms with van der Waals surface area (Å²) in [7, 11) is 0. The van der Waals surface area contributed by atoms with Crippen LogP contribution in [0.4, 0.5) is 0 Å². The van der Waals surface area contributed by atoms with Crippen LogP contribution in [0.2, 0.25) is 0 Å². The van der Waals surface area contributed by atoms with Crippen molar-refractivity contribution in [3.8, 4) is 6.07 Å². The van der Waals surface area contributed by atoms with Crippen LogP contribution in [0.15, 0.2) is 24.4 Å². The van der Waals surface area contributed by atoms with Gasteiger partial charge in [0.05, 0.1) is 11.1 Å². The first-order valence-corrected chi connectivity index (χ1v) is 4.21. The number of nitrogens with zero attached hydrogens (tertiary/aromatic N) is 2. The molecule has 0 aromatic carbocycles. The molecule has 0 spiro atoms. The highest BCUT2D eigenvalue weighted by Crippen LogP contribution is 2.18. The predicted molar refractivity (Wildman–Crippen MR) is 51.6 cm³/mol. The Morgan fingerprint density at radius 2 is 2.08 bits per heavy atom. The molecule has 2 heterocycles. The molecule has 2 aromatic heterocycles. The van der Waals surface area contributed by atoms with Crippen LogP contribution >= 0.6 is 0 Å². The summed E-state index contributed by atoms with van der Waals surface area (Å²) in [6.07, 6.45) is 2.00. The first-order valence-electron chi connectivity index (χ1n) is 4.21. The molecule has 0 saturated heterocycles. The van der Waals surface area contributed by atoms with Crippen molar-refractivity contribution in [1.82, 2.24) is 4.40 Å². The van der Waals surface area contributed by atoms with Crippen LogP contribution in [-0.4, -0.2) is 4.40 Å². The zero-order valence-electron chi connectivity index (χ0n) is 7.70. The molecule has 64 valence electrons. The highest BCUT2D eigenvalue weighted by Gasteiger charge is 2.06. The van der Waals surface area contributed by atoms with Crippen LogP contribution in [0.5, 0.6) is 0 Å². The molecule has 2 nitrogen and oxygen atoms in total. The van der Waals surface area contributed by atoms with Gasteiger partial charge in [0.2, 0.25) is 0 Å². The number of fused-ring (bicyclic) bond motifs is 1. The zero-order valence-corrected chi connectivity index (χ0v) is 7.70. The Labute approximate surface area is 77.0 Å². The minimum Gasteiger partial charge on any atom is -0.320 e. The average Bonchev–Trinajstić information content (AvgIpc) is 2.43. The summed E-state index contributed by atoms with van der Waals surface area (Å²) in [5.41, 5.74) is 3.97. The van der Waals surface area contributed by atoms with Gasteiger partial charge in [0.1, 0.15) is 6.07 Å². The number of pyridine rings is 1. The van der Waals surface area contributed by atoms with E-state index in [1.807, 2.05) is 42.6 Å². The van der Waals surface area contributed by atoms with E-state index in [0.29, 0.717) is 0 Å². The van der Waals surface area contributed by atoms with Gasteiger partial charge >= 0.3 is 0 Å². The standard InChI is InChI=1S/C11H10N2/c1-8-7-13-9(2)4-3-5-11(13)10(8)6-12/h3-5,7H,1-2H3. The van der Waals surface area contributed by atoms with Crippen LogP contribution in [0.1, 0.15) is 16.8 Å². The monoisotopic (exact) mass is 170 g/mol. The van der Waals surface area contributed by atoms with Gasteiger partial charge in [-0.1, -0.05) is 6.07 Å². The molecule has 0 amide bonds. The molecular formula is C11H10N2. The molecular weight excluding hydrogens is 160 g/mol. The molecule has 2 heteroatoms. The topological polar surface area (TPSA) is 28.2 Å². The summed E-state index contributed by atoms with van der Waals surface area (Å²) in [6, 6.07) is 8.21. The number of aromatic nitrogens is 1. The minimum absolute atomic E-state index is 0.781. The highest BCUT2D eigenvalue weighted by molar-refractivity contribution is 5.65. The van der Waals surface area contributed by atoms with Crippen molar-refractivity contribution in [3.63, 3.8) is 0 Å². The molecule has 0 N–H and O–H groups in total. The Hall–Kier alpha value is -1.75. The van der Waals surface area contributed by atoms with Gasteiger partial charge in [-0.15, -0.1) is 0 Å². The maximum atomic E-state index is 8.93. The summed E-state index contributed by atoms with van der Waals surface area (Å²) < 4.78 is 2.05. The zero-order chi connectivity index (χ0) is 9.42. The fraction of sp³-hybridized carbons (Fsp3) is 0.182. The van der Waals surface area contributed by atoms with Crippen LogP contribution in [0.25, 0.3) is 5.52 Å². The second kappa shape index (κ2) is 2.63. The largest absolute Gasteiger partial charge is 0.320 e. The Bertz CT molecular complexity index is 501. The lowest BCUT2D eigenvalue weighted by Crippen LogP contribution is -1.87. The van der Waals surface area contributed by atoms with E-state index in [2.05, 4.69) is 6.07 Å². The van der Waals surface area contributed by atoms with E-state index in [9.17, 15) is 0 Å². The third-order valence-electron chi connectivity index (χ3n) is 2.32. The summed E-state index contributed by atoms with van der Waals surface area (Å²) in [5, 5.41) is 8.93.